The summed E-state index contributed by atoms with van der Waals surface area (Å²) in [4.78, 5) is 0. The summed E-state index contributed by atoms with van der Waals surface area (Å²) in [6.07, 6.45) is 1.92. The van der Waals surface area contributed by atoms with Gasteiger partial charge in [-0.05, 0) is 29.0 Å². The van der Waals surface area contributed by atoms with E-state index in [1.807, 2.05) is 13.1 Å². The van der Waals surface area contributed by atoms with Gasteiger partial charge in [-0.2, -0.15) is 12.6 Å². The van der Waals surface area contributed by atoms with E-state index < -0.39 is 0 Å². The third kappa shape index (κ3) is 3.54. The van der Waals surface area contributed by atoms with Crippen molar-refractivity contribution >= 4 is 12.6 Å². The average molecular weight is 337 g/mol. The van der Waals surface area contributed by atoms with Gasteiger partial charge in [0.1, 0.15) is 5.69 Å². The van der Waals surface area contributed by atoms with E-state index in [1.165, 1.54) is 16.7 Å². The van der Waals surface area contributed by atoms with Gasteiger partial charge < -0.3 is 0 Å². The van der Waals surface area contributed by atoms with Crippen LogP contribution in [0.3, 0.4) is 0 Å². The largest absolute Gasteiger partial charge is 0.239 e. The maximum atomic E-state index is 4.37. The molecule has 1 aromatic heterocycles. The molecular formula is C20H23N3S. The van der Waals surface area contributed by atoms with E-state index in [2.05, 4.69) is 92.2 Å². The van der Waals surface area contributed by atoms with Crippen molar-refractivity contribution in [3.8, 4) is 22.4 Å². The zero-order chi connectivity index (χ0) is 17.3. The molecule has 3 rings (SSSR count). The predicted molar refractivity (Wildman–Crippen MR) is 103 cm³/mol. The first-order valence-corrected chi connectivity index (χ1v) is 8.67. The molecule has 1 atom stereocenters. The quantitative estimate of drug-likeness (QED) is 0.652. The van der Waals surface area contributed by atoms with Gasteiger partial charge in [-0.1, -0.05) is 74.5 Å². The molecule has 1 heterocycles. The highest BCUT2D eigenvalue weighted by Gasteiger charge is 2.13. The summed E-state index contributed by atoms with van der Waals surface area (Å²) in [5.41, 5.74) is 5.88. The van der Waals surface area contributed by atoms with Crippen molar-refractivity contribution in [2.75, 3.05) is 0 Å². The summed E-state index contributed by atoms with van der Waals surface area (Å²) < 4.78 is 1.75. The Bertz CT molecular complexity index is 809. The standard InChI is InChI=1S/C20H23N3S/c1-14(24)23-13-19(21-22-23)17-7-5-15(6-8-17)16-9-11-18(12-10-16)20(2,3)4/h5-14,24H,1-4H3. The van der Waals surface area contributed by atoms with Crippen molar-refractivity contribution in [2.24, 2.45) is 0 Å². The Hall–Kier alpha value is -2.07. The van der Waals surface area contributed by atoms with Gasteiger partial charge in [-0.25, -0.2) is 4.68 Å². The molecule has 0 spiro atoms. The molecule has 0 aliphatic heterocycles. The number of aromatic nitrogens is 3. The second kappa shape index (κ2) is 6.44. The molecule has 24 heavy (non-hydrogen) atoms. The fraction of sp³-hybridized carbons (Fsp3) is 0.300. The van der Waals surface area contributed by atoms with Gasteiger partial charge in [0, 0.05) is 5.56 Å². The summed E-state index contributed by atoms with van der Waals surface area (Å²) in [5.74, 6) is 0. The summed E-state index contributed by atoms with van der Waals surface area (Å²) in [6, 6.07) is 17.2. The van der Waals surface area contributed by atoms with E-state index in [-0.39, 0.29) is 10.8 Å². The number of thiol groups is 1. The Kier molecular flexibility index (Phi) is 4.50. The van der Waals surface area contributed by atoms with Crippen molar-refractivity contribution in [1.82, 2.24) is 15.0 Å². The molecule has 0 amide bonds. The Balaban J connectivity index is 1.83. The van der Waals surface area contributed by atoms with E-state index in [4.69, 9.17) is 0 Å². The lowest BCUT2D eigenvalue weighted by Crippen LogP contribution is -2.10. The summed E-state index contributed by atoms with van der Waals surface area (Å²) in [7, 11) is 0. The van der Waals surface area contributed by atoms with Crippen LogP contribution in [-0.2, 0) is 5.41 Å². The van der Waals surface area contributed by atoms with Crippen LogP contribution < -0.4 is 0 Å². The molecule has 1 unspecified atom stereocenters. The normalized spacial score (nSPS) is 13.0. The molecule has 0 N–H and O–H groups in total. The Morgan fingerprint density at radius 2 is 1.38 bits per heavy atom. The number of rotatable bonds is 3. The van der Waals surface area contributed by atoms with Crippen molar-refractivity contribution in [1.29, 1.82) is 0 Å². The fourth-order valence-electron chi connectivity index (χ4n) is 2.59. The number of hydrogen-bond acceptors (Lipinski definition) is 3. The van der Waals surface area contributed by atoms with Crippen LogP contribution in [0.15, 0.2) is 54.7 Å². The van der Waals surface area contributed by atoms with Crippen molar-refractivity contribution in [3.63, 3.8) is 0 Å². The van der Waals surface area contributed by atoms with Crippen molar-refractivity contribution in [3.05, 3.63) is 60.3 Å². The molecule has 124 valence electrons. The molecule has 0 bridgehead atoms. The minimum absolute atomic E-state index is 0.0202. The zero-order valence-corrected chi connectivity index (χ0v) is 15.5. The molecule has 3 aromatic rings. The molecular weight excluding hydrogens is 314 g/mol. The highest BCUT2D eigenvalue weighted by Crippen LogP contribution is 2.27. The van der Waals surface area contributed by atoms with E-state index in [9.17, 15) is 0 Å². The third-order valence-corrected chi connectivity index (χ3v) is 4.39. The van der Waals surface area contributed by atoms with Gasteiger partial charge in [0.15, 0.2) is 0 Å². The van der Waals surface area contributed by atoms with Crippen LogP contribution in [0.25, 0.3) is 22.4 Å². The minimum Gasteiger partial charge on any atom is -0.239 e. The van der Waals surface area contributed by atoms with Gasteiger partial charge in [0.25, 0.3) is 0 Å². The van der Waals surface area contributed by atoms with Gasteiger partial charge in [-0.15, -0.1) is 5.10 Å². The lowest BCUT2D eigenvalue weighted by atomic mass is 9.86. The highest BCUT2D eigenvalue weighted by atomic mass is 32.1. The SMILES string of the molecule is CC(S)n1cc(-c2ccc(-c3ccc(C(C)(C)C)cc3)cc2)nn1. The number of hydrogen-bond donors (Lipinski definition) is 1. The Labute approximate surface area is 149 Å². The lowest BCUT2D eigenvalue weighted by molar-refractivity contribution is 0.590. The maximum Gasteiger partial charge on any atom is 0.113 e. The van der Waals surface area contributed by atoms with Crippen molar-refractivity contribution < 1.29 is 0 Å². The van der Waals surface area contributed by atoms with Crippen LogP contribution in [0, 0.1) is 0 Å². The summed E-state index contributed by atoms with van der Waals surface area (Å²) in [5, 5.41) is 8.33. The molecule has 0 radical (unpaired) electrons. The number of benzene rings is 2. The second-order valence-electron chi connectivity index (χ2n) is 7.12. The average Bonchev–Trinajstić information content (AvgIpc) is 3.05. The van der Waals surface area contributed by atoms with Crippen LogP contribution in [0.4, 0.5) is 0 Å². The fourth-order valence-corrected chi connectivity index (χ4v) is 2.70. The highest BCUT2D eigenvalue weighted by molar-refractivity contribution is 7.80. The monoisotopic (exact) mass is 337 g/mol. The number of nitrogens with zero attached hydrogens (tertiary/aromatic N) is 3. The van der Waals surface area contributed by atoms with Crippen LogP contribution in [0.5, 0.6) is 0 Å². The van der Waals surface area contributed by atoms with E-state index in [1.54, 1.807) is 4.68 Å². The van der Waals surface area contributed by atoms with Crippen LogP contribution in [0.1, 0.15) is 38.6 Å². The van der Waals surface area contributed by atoms with E-state index >= 15 is 0 Å². The smallest absolute Gasteiger partial charge is 0.113 e. The van der Waals surface area contributed by atoms with Crippen molar-refractivity contribution in [2.45, 2.75) is 38.5 Å². The molecule has 0 saturated carbocycles. The first-order chi connectivity index (χ1) is 11.3. The third-order valence-electron chi connectivity index (χ3n) is 4.16. The Morgan fingerprint density at radius 1 is 0.875 bits per heavy atom. The second-order valence-corrected chi connectivity index (χ2v) is 7.87. The van der Waals surface area contributed by atoms with E-state index in [0.29, 0.717) is 0 Å². The molecule has 0 saturated heterocycles. The first kappa shape index (κ1) is 16.8. The Morgan fingerprint density at radius 3 is 1.83 bits per heavy atom. The summed E-state index contributed by atoms with van der Waals surface area (Å²) >= 11 is 4.37. The van der Waals surface area contributed by atoms with Gasteiger partial charge in [0.05, 0.1) is 11.6 Å². The molecule has 3 nitrogen and oxygen atoms in total. The topological polar surface area (TPSA) is 30.7 Å². The van der Waals surface area contributed by atoms with Crippen LogP contribution >= 0.6 is 12.6 Å². The zero-order valence-electron chi connectivity index (χ0n) is 14.6. The van der Waals surface area contributed by atoms with Crippen LogP contribution in [0.2, 0.25) is 0 Å². The summed E-state index contributed by atoms with van der Waals surface area (Å²) in [6.45, 7) is 8.66. The van der Waals surface area contributed by atoms with Crippen LogP contribution in [-0.4, -0.2) is 15.0 Å². The molecule has 2 aromatic carbocycles. The van der Waals surface area contributed by atoms with E-state index in [0.717, 1.165) is 11.3 Å². The molecule has 0 fully saturated rings. The van der Waals surface area contributed by atoms with Gasteiger partial charge in [-0.3, -0.25) is 0 Å². The first-order valence-electron chi connectivity index (χ1n) is 8.16. The maximum absolute atomic E-state index is 4.37. The van der Waals surface area contributed by atoms with Gasteiger partial charge >= 0.3 is 0 Å². The minimum atomic E-state index is 0.0202. The predicted octanol–water partition coefficient (Wildman–Crippen LogP) is 5.36. The molecule has 4 heteroatoms. The van der Waals surface area contributed by atoms with Gasteiger partial charge in [0.2, 0.25) is 0 Å². The molecule has 0 aliphatic rings. The molecule has 0 aliphatic carbocycles. The lowest BCUT2D eigenvalue weighted by Gasteiger charge is -2.19.